The van der Waals surface area contributed by atoms with Gasteiger partial charge in [-0.1, -0.05) is 6.07 Å². The summed E-state index contributed by atoms with van der Waals surface area (Å²) < 4.78 is 16.4. The first kappa shape index (κ1) is 20.5. The van der Waals surface area contributed by atoms with E-state index in [1.165, 1.54) is 7.11 Å². The molecule has 30 heavy (non-hydrogen) atoms. The van der Waals surface area contributed by atoms with Crippen molar-refractivity contribution < 1.29 is 23.8 Å². The molecule has 2 aliphatic rings. The maximum Gasteiger partial charge on any atom is 0.339 e. The van der Waals surface area contributed by atoms with E-state index in [1.54, 1.807) is 13.8 Å². The zero-order valence-electron chi connectivity index (χ0n) is 17.7. The van der Waals surface area contributed by atoms with Gasteiger partial charge in [0.15, 0.2) is 17.3 Å². The van der Waals surface area contributed by atoms with Gasteiger partial charge in [0.05, 0.1) is 38.1 Å². The highest BCUT2D eigenvalue weighted by Crippen LogP contribution is 2.38. The van der Waals surface area contributed by atoms with Crippen molar-refractivity contribution in [3.05, 3.63) is 46.3 Å². The van der Waals surface area contributed by atoms with Crippen molar-refractivity contribution in [1.29, 1.82) is 0 Å². The minimum Gasteiger partial charge on any atom is -0.490 e. The van der Waals surface area contributed by atoms with E-state index in [2.05, 4.69) is 16.0 Å². The average Bonchev–Trinajstić information content (AvgIpc) is 3.22. The van der Waals surface area contributed by atoms with Crippen LogP contribution in [0.5, 0.6) is 11.5 Å². The van der Waals surface area contributed by atoms with Gasteiger partial charge in [-0.3, -0.25) is 9.69 Å². The fourth-order valence-corrected chi connectivity index (χ4v) is 4.48. The van der Waals surface area contributed by atoms with E-state index in [-0.39, 0.29) is 11.8 Å². The van der Waals surface area contributed by atoms with E-state index in [4.69, 9.17) is 14.2 Å². The first-order valence-corrected chi connectivity index (χ1v) is 10.4. The van der Waals surface area contributed by atoms with Crippen LogP contribution >= 0.6 is 0 Å². The summed E-state index contributed by atoms with van der Waals surface area (Å²) in [6.45, 7) is 6.03. The Morgan fingerprint density at radius 3 is 2.70 bits per heavy atom. The third-order valence-electron chi connectivity index (χ3n) is 5.97. The molecule has 1 aromatic heterocycles. The molecular weight excluding hydrogens is 384 g/mol. The molecule has 160 valence electrons. The molecule has 1 fully saturated rings. The number of ether oxygens (including phenoxy) is 3. The largest absolute Gasteiger partial charge is 0.490 e. The fraction of sp³-hybridized carbons (Fsp3) is 0.478. The number of Topliss-reactive ketones (excluding diaryl/α,β-unsaturated/α-hetero) is 1. The minimum atomic E-state index is -0.424. The molecule has 2 aliphatic heterocycles. The number of hydrogen-bond acceptors (Lipinski definition) is 6. The van der Waals surface area contributed by atoms with Crippen LogP contribution in [0, 0.1) is 13.8 Å². The Morgan fingerprint density at radius 1 is 1.17 bits per heavy atom. The number of likely N-dealkylation sites (tertiary alicyclic amines) is 1. The number of nitrogens with zero attached hydrogens (tertiary/aromatic N) is 1. The number of methoxy groups -OCH3 is 1. The lowest BCUT2D eigenvalue weighted by Gasteiger charge is -2.24. The lowest BCUT2D eigenvalue weighted by molar-refractivity contribution is 0.0599. The van der Waals surface area contributed by atoms with Gasteiger partial charge in [-0.2, -0.15) is 0 Å². The zero-order chi connectivity index (χ0) is 21.3. The molecule has 1 N–H and O–H groups in total. The summed E-state index contributed by atoms with van der Waals surface area (Å²) in [5, 5.41) is 0. The molecule has 2 aromatic rings. The Balaban J connectivity index is 1.53. The van der Waals surface area contributed by atoms with Crippen molar-refractivity contribution in [2.24, 2.45) is 0 Å². The summed E-state index contributed by atoms with van der Waals surface area (Å²) >= 11 is 0. The van der Waals surface area contributed by atoms with E-state index in [0.717, 1.165) is 42.9 Å². The lowest BCUT2D eigenvalue weighted by atomic mass is 10.0. The van der Waals surface area contributed by atoms with Crippen LogP contribution in [-0.2, 0) is 4.74 Å². The minimum absolute atomic E-state index is 0.0213. The second kappa shape index (κ2) is 8.52. The Hall–Kier alpha value is -2.80. The molecule has 7 nitrogen and oxygen atoms in total. The topological polar surface area (TPSA) is 80.9 Å². The van der Waals surface area contributed by atoms with E-state index >= 15 is 0 Å². The highest BCUT2D eigenvalue weighted by atomic mass is 16.5. The van der Waals surface area contributed by atoms with Gasteiger partial charge in [0.25, 0.3) is 0 Å². The summed E-state index contributed by atoms with van der Waals surface area (Å²) in [5.74, 6) is 1.12. The monoisotopic (exact) mass is 412 g/mol. The van der Waals surface area contributed by atoms with Crippen molar-refractivity contribution in [2.75, 3.05) is 33.4 Å². The maximum atomic E-state index is 13.1. The highest BCUT2D eigenvalue weighted by Gasteiger charge is 2.30. The van der Waals surface area contributed by atoms with E-state index in [9.17, 15) is 9.59 Å². The number of aromatic nitrogens is 1. The number of ketones is 1. The fourth-order valence-electron chi connectivity index (χ4n) is 4.48. The van der Waals surface area contributed by atoms with Gasteiger partial charge in [-0.15, -0.1) is 0 Å². The molecule has 3 heterocycles. The smallest absolute Gasteiger partial charge is 0.339 e. The first-order valence-electron chi connectivity index (χ1n) is 10.4. The van der Waals surface area contributed by atoms with Crippen molar-refractivity contribution in [3.8, 4) is 11.5 Å². The van der Waals surface area contributed by atoms with Crippen LogP contribution in [0.15, 0.2) is 18.2 Å². The molecule has 1 aromatic carbocycles. The quantitative estimate of drug-likeness (QED) is 0.597. The number of benzene rings is 1. The number of hydrogen-bond donors (Lipinski definition) is 1. The molecule has 0 aliphatic carbocycles. The number of carbonyl (C=O) groups is 2. The third kappa shape index (κ3) is 3.81. The molecule has 1 saturated heterocycles. The van der Waals surface area contributed by atoms with Gasteiger partial charge in [0.1, 0.15) is 0 Å². The Labute approximate surface area is 176 Å². The van der Waals surface area contributed by atoms with E-state index < -0.39 is 5.97 Å². The standard InChI is InChI=1S/C23H28N2O5/c1-14-21(23(27)28-3)15(2)24-22(14)18(26)13-25-9-4-6-17(25)16-7-8-19-20(12-16)30-11-5-10-29-19/h7-8,12,17,24H,4-6,9-11,13H2,1-3H3/t17-/m1/s1. The normalized spacial score (nSPS) is 18.8. The van der Waals surface area contributed by atoms with Crippen LogP contribution in [0.4, 0.5) is 0 Å². The second-order valence-corrected chi connectivity index (χ2v) is 7.92. The van der Waals surface area contributed by atoms with Gasteiger partial charge < -0.3 is 19.2 Å². The molecule has 7 heteroatoms. The lowest BCUT2D eigenvalue weighted by Crippen LogP contribution is -2.30. The maximum absolute atomic E-state index is 13.1. The van der Waals surface area contributed by atoms with Gasteiger partial charge in [0.2, 0.25) is 0 Å². The Kier molecular flexibility index (Phi) is 5.81. The van der Waals surface area contributed by atoms with Crippen LogP contribution in [0.2, 0.25) is 0 Å². The van der Waals surface area contributed by atoms with Crippen LogP contribution < -0.4 is 9.47 Å². The summed E-state index contributed by atoms with van der Waals surface area (Å²) in [5.41, 5.74) is 3.37. The molecule has 1 atom stereocenters. The number of aromatic amines is 1. The number of nitrogens with one attached hydrogen (secondary N) is 1. The van der Waals surface area contributed by atoms with Crippen LogP contribution in [0.3, 0.4) is 0 Å². The number of rotatable bonds is 5. The summed E-state index contributed by atoms with van der Waals surface area (Å²) in [4.78, 5) is 30.4. The number of fused-ring (bicyclic) bond motifs is 1. The summed E-state index contributed by atoms with van der Waals surface area (Å²) in [6, 6.07) is 6.24. The van der Waals surface area contributed by atoms with Crippen molar-refractivity contribution in [2.45, 2.75) is 39.2 Å². The molecule has 0 bridgehead atoms. The number of esters is 1. The summed E-state index contributed by atoms with van der Waals surface area (Å²) in [6.07, 6.45) is 2.89. The molecule has 0 saturated carbocycles. The molecule has 4 rings (SSSR count). The second-order valence-electron chi connectivity index (χ2n) is 7.92. The Bertz CT molecular complexity index is 965. The van der Waals surface area contributed by atoms with Gasteiger partial charge in [-0.05, 0) is 56.5 Å². The van der Waals surface area contributed by atoms with Crippen molar-refractivity contribution >= 4 is 11.8 Å². The predicted molar refractivity (Wildman–Crippen MR) is 112 cm³/mol. The van der Waals surface area contributed by atoms with Crippen molar-refractivity contribution in [3.63, 3.8) is 0 Å². The molecule has 0 spiro atoms. The van der Waals surface area contributed by atoms with Crippen LogP contribution in [0.25, 0.3) is 0 Å². The first-order chi connectivity index (χ1) is 14.5. The van der Waals surface area contributed by atoms with Gasteiger partial charge in [0, 0.05) is 18.2 Å². The van der Waals surface area contributed by atoms with E-state index in [1.807, 2.05) is 12.1 Å². The van der Waals surface area contributed by atoms with Gasteiger partial charge >= 0.3 is 5.97 Å². The third-order valence-corrected chi connectivity index (χ3v) is 5.97. The number of H-pyrrole nitrogens is 1. The summed E-state index contributed by atoms with van der Waals surface area (Å²) in [7, 11) is 1.35. The predicted octanol–water partition coefficient (Wildman–Crippen LogP) is 3.60. The van der Waals surface area contributed by atoms with Crippen LogP contribution in [0.1, 0.15) is 63.0 Å². The molecule has 0 radical (unpaired) electrons. The Morgan fingerprint density at radius 2 is 1.93 bits per heavy atom. The molecular formula is C23H28N2O5. The number of aryl methyl sites for hydroxylation is 1. The van der Waals surface area contributed by atoms with E-state index in [0.29, 0.717) is 42.3 Å². The van der Waals surface area contributed by atoms with Crippen LogP contribution in [-0.4, -0.2) is 55.0 Å². The van der Waals surface area contributed by atoms with Crippen molar-refractivity contribution in [1.82, 2.24) is 9.88 Å². The number of carbonyl (C=O) groups excluding carboxylic acids is 2. The zero-order valence-corrected chi connectivity index (χ0v) is 17.7. The molecule has 0 amide bonds. The molecule has 0 unspecified atom stereocenters. The average molecular weight is 412 g/mol. The van der Waals surface area contributed by atoms with Gasteiger partial charge in [-0.25, -0.2) is 4.79 Å². The SMILES string of the molecule is COC(=O)c1c(C)[nH]c(C(=O)CN2CCC[C@@H]2c2ccc3c(c2)OCCCO3)c1C. The highest BCUT2D eigenvalue weighted by molar-refractivity contribution is 6.02.